The molecule has 2 N–H and O–H groups in total. The summed E-state index contributed by atoms with van der Waals surface area (Å²) in [6.45, 7) is 10.9. The minimum absolute atomic E-state index is 0.0530. The summed E-state index contributed by atoms with van der Waals surface area (Å²) in [6, 6.07) is 1.25. The topological polar surface area (TPSA) is 106 Å². The highest BCUT2D eigenvalue weighted by atomic mass is 28.4. The Bertz CT molecular complexity index is 732. The van der Waals surface area contributed by atoms with Gasteiger partial charge in [0.2, 0.25) is 0 Å². The maximum absolute atomic E-state index is 11.9. The molecule has 2 heterocycles. The largest absolute Gasteiger partial charge is 0.414 e. The van der Waals surface area contributed by atoms with Crippen LogP contribution in [0.25, 0.3) is 0 Å². The number of rotatable bonds is 4. The molecule has 1 aromatic heterocycles. The average Bonchev–Trinajstić information content (AvgIpc) is 2.87. The molecule has 1 aliphatic heterocycles. The molecule has 2 unspecified atom stereocenters. The van der Waals surface area contributed by atoms with Crippen molar-refractivity contribution >= 4 is 14.0 Å². The molecule has 1 aliphatic rings. The predicted molar refractivity (Wildman–Crippen MR) is 92.2 cm³/mol. The highest BCUT2D eigenvalue weighted by Crippen LogP contribution is 2.37. The summed E-state index contributed by atoms with van der Waals surface area (Å²) in [6.07, 6.45) is 0.479. The van der Waals surface area contributed by atoms with Crippen LogP contribution in [-0.2, 0) is 9.16 Å². The van der Waals surface area contributed by atoms with Crippen molar-refractivity contribution in [2.24, 2.45) is 5.16 Å². The molecule has 0 saturated carbocycles. The standard InChI is InChI=1S/C15H25N3O5Si/c1-15(2,3)24(4,5)22-9-11-10(17-21)8-13(23-11)18-7-6-12(19)16-14(18)20/h6-7,11,13,21H,8-9H2,1-5H3,(H,16,19,20)/b17-10+. The molecule has 1 saturated heterocycles. The molecular formula is C15H25N3O5Si. The Morgan fingerprint density at radius 2 is 2.12 bits per heavy atom. The number of H-pyrrole nitrogens is 1. The summed E-state index contributed by atoms with van der Waals surface area (Å²) in [4.78, 5) is 25.2. The lowest BCUT2D eigenvalue weighted by atomic mass is 10.2. The van der Waals surface area contributed by atoms with E-state index in [2.05, 4.69) is 44.0 Å². The van der Waals surface area contributed by atoms with E-state index in [1.165, 1.54) is 16.8 Å². The fraction of sp³-hybridized carbons (Fsp3) is 0.667. The highest BCUT2D eigenvalue weighted by molar-refractivity contribution is 6.74. The fourth-order valence-corrected chi connectivity index (χ4v) is 3.19. The average molecular weight is 355 g/mol. The summed E-state index contributed by atoms with van der Waals surface area (Å²) in [5.41, 5.74) is -0.601. The molecule has 2 rings (SSSR count). The van der Waals surface area contributed by atoms with Crippen molar-refractivity contribution in [3.05, 3.63) is 33.1 Å². The molecule has 9 heteroatoms. The van der Waals surface area contributed by atoms with Gasteiger partial charge in [-0.2, -0.15) is 0 Å². The second-order valence-corrected chi connectivity index (χ2v) is 12.3. The van der Waals surface area contributed by atoms with Crippen molar-refractivity contribution in [3.63, 3.8) is 0 Å². The normalized spacial score (nSPS) is 23.8. The van der Waals surface area contributed by atoms with Crippen molar-refractivity contribution in [2.45, 2.75) is 57.7 Å². The highest BCUT2D eigenvalue weighted by Gasteiger charge is 2.40. The van der Waals surface area contributed by atoms with Crippen LogP contribution in [0.1, 0.15) is 33.4 Å². The molecule has 0 amide bonds. The number of hydrogen-bond acceptors (Lipinski definition) is 6. The van der Waals surface area contributed by atoms with Crippen LogP contribution < -0.4 is 11.2 Å². The third kappa shape index (κ3) is 3.85. The minimum Gasteiger partial charge on any atom is -0.414 e. The predicted octanol–water partition coefficient (Wildman–Crippen LogP) is 1.68. The Hall–Kier alpha value is -1.71. The third-order valence-corrected chi connectivity index (χ3v) is 9.27. The lowest BCUT2D eigenvalue weighted by Gasteiger charge is -2.36. The summed E-state index contributed by atoms with van der Waals surface area (Å²) in [7, 11) is -1.97. The van der Waals surface area contributed by atoms with Gasteiger partial charge in [-0.25, -0.2) is 4.79 Å². The van der Waals surface area contributed by atoms with Crippen LogP contribution in [0.15, 0.2) is 27.0 Å². The SMILES string of the molecule is CC(C)(C)[Si](C)(C)OCC1OC(n2ccc(=O)[nH]c2=O)C/C1=N\O. The zero-order valence-corrected chi connectivity index (χ0v) is 15.7. The molecule has 0 radical (unpaired) electrons. The van der Waals surface area contributed by atoms with E-state index in [1.54, 1.807) is 0 Å². The van der Waals surface area contributed by atoms with Crippen LogP contribution in [0.4, 0.5) is 0 Å². The van der Waals surface area contributed by atoms with E-state index in [1.807, 2.05) is 0 Å². The van der Waals surface area contributed by atoms with E-state index in [9.17, 15) is 14.8 Å². The quantitative estimate of drug-likeness (QED) is 0.485. The lowest BCUT2D eigenvalue weighted by Crippen LogP contribution is -2.43. The Morgan fingerprint density at radius 1 is 1.46 bits per heavy atom. The molecule has 0 aliphatic carbocycles. The van der Waals surface area contributed by atoms with Crippen LogP contribution in [0, 0.1) is 0 Å². The van der Waals surface area contributed by atoms with E-state index in [4.69, 9.17) is 9.16 Å². The van der Waals surface area contributed by atoms with Crippen LogP contribution in [-0.4, -0.2) is 41.5 Å². The number of nitrogens with zero attached hydrogens (tertiary/aromatic N) is 2. The molecule has 0 spiro atoms. The monoisotopic (exact) mass is 355 g/mol. The van der Waals surface area contributed by atoms with Gasteiger partial charge in [-0.15, -0.1) is 0 Å². The number of hydrogen-bond donors (Lipinski definition) is 2. The molecule has 1 aromatic rings. The second-order valence-electron chi connectivity index (χ2n) is 7.46. The summed E-state index contributed by atoms with van der Waals surface area (Å²) in [5, 5.41) is 12.6. The van der Waals surface area contributed by atoms with Gasteiger partial charge < -0.3 is 14.4 Å². The Balaban J connectivity index is 2.13. The molecule has 1 fully saturated rings. The summed E-state index contributed by atoms with van der Waals surface area (Å²) < 4.78 is 13.2. The van der Waals surface area contributed by atoms with Crippen molar-refractivity contribution < 1.29 is 14.4 Å². The smallest absolute Gasteiger partial charge is 0.330 e. The first kappa shape index (κ1) is 18.6. The van der Waals surface area contributed by atoms with Gasteiger partial charge in [-0.05, 0) is 18.1 Å². The second kappa shape index (κ2) is 6.65. The van der Waals surface area contributed by atoms with Crippen LogP contribution in [0.3, 0.4) is 0 Å². The first-order valence-corrected chi connectivity index (χ1v) is 10.8. The molecular weight excluding hydrogens is 330 g/mol. The third-order valence-electron chi connectivity index (χ3n) is 4.77. The van der Waals surface area contributed by atoms with E-state index in [-0.39, 0.29) is 18.1 Å². The molecule has 2 atom stereocenters. The number of oxime groups is 1. The zero-order chi connectivity index (χ0) is 18.1. The van der Waals surface area contributed by atoms with Crippen molar-refractivity contribution in [3.8, 4) is 0 Å². The minimum atomic E-state index is -1.97. The van der Waals surface area contributed by atoms with Gasteiger partial charge in [0.05, 0.1) is 12.3 Å². The maximum Gasteiger partial charge on any atom is 0.330 e. The molecule has 134 valence electrons. The molecule has 24 heavy (non-hydrogen) atoms. The number of aromatic nitrogens is 2. The van der Waals surface area contributed by atoms with Crippen molar-refractivity contribution in [2.75, 3.05) is 6.61 Å². The van der Waals surface area contributed by atoms with Crippen LogP contribution >= 0.6 is 0 Å². The molecule has 8 nitrogen and oxygen atoms in total. The van der Waals surface area contributed by atoms with E-state index in [0.717, 1.165) is 0 Å². The first-order valence-electron chi connectivity index (χ1n) is 7.87. The molecule has 0 bridgehead atoms. The summed E-state index contributed by atoms with van der Waals surface area (Å²) >= 11 is 0. The zero-order valence-electron chi connectivity index (χ0n) is 14.7. The maximum atomic E-state index is 11.9. The van der Waals surface area contributed by atoms with E-state index >= 15 is 0 Å². The fourth-order valence-electron chi connectivity index (χ4n) is 2.19. The Kier molecular flexibility index (Phi) is 5.16. The van der Waals surface area contributed by atoms with Gasteiger partial charge >= 0.3 is 5.69 Å². The van der Waals surface area contributed by atoms with E-state index in [0.29, 0.717) is 5.71 Å². The van der Waals surface area contributed by atoms with Gasteiger partial charge in [-0.3, -0.25) is 14.3 Å². The van der Waals surface area contributed by atoms with Crippen molar-refractivity contribution in [1.82, 2.24) is 9.55 Å². The van der Waals surface area contributed by atoms with Crippen LogP contribution in [0.5, 0.6) is 0 Å². The Morgan fingerprint density at radius 3 is 2.67 bits per heavy atom. The number of nitrogens with one attached hydrogen (secondary N) is 1. The van der Waals surface area contributed by atoms with Gasteiger partial charge in [-0.1, -0.05) is 25.9 Å². The molecule has 0 aromatic carbocycles. The van der Waals surface area contributed by atoms with Gasteiger partial charge in [0.1, 0.15) is 12.3 Å². The Labute approximate surface area is 141 Å². The van der Waals surface area contributed by atoms with Gasteiger partial charge in [0, 0.05) is 18.7 Å². The van der Waals surface area contributed by atoms with Crippen LogP contribution in [0.2, 0.25) is 18.1 Å². The number of ether oxygens (including phenoxy) is 1. The van der Waals surface area contributed by atoms with Gasteiger partial charge in [0.15, 0.2) is 8.32 Å². The van der Waals surface area contributed by atoms with Crippen molar-refractivity contribution in [1.29, 1.82) is 0 Å². The first-order chi connectivity index (χ1) is 11.0. The summed E-state index contributed by atoms with van der Waals surface area (Å²) in [5.74, 6) is 0. The number of aromatic amines is 1. The lowest BCUT2D eigenvalue weighted by molar-refractivity contribution is -0.0130. The van der Waals surface area contributed by atoms with E-state index < -0.39 is 31.9 Å². The van der Waals surface area contributed by atoms with Gasteiger partial charge in [0.25, 0.3) is 5.56 Å².